The van der Waals surface area contributed by atoms with Crippen molar-refractivity contribution in [3.63, 3.8) is 0 Å². The van der Waals surface area contributed by atoms with Crippen molar-refractivity contribution in [1.82, 2.24) is 10.3 Å². The summed E-state index contributed by atoms with van der Waals surface area (Å²) in [5.41, 5.74) is 6.60. The lowest BCUT2D eigenvalue weighted by molar-refractivity contribution is 0.0750. The maximum atomic E-state index is 13.1. The normalized spacial score (nSPS) is 14.2. The van der Waals surface area contributed by atoms with Crippen LogP contribution in [0.25, 0.3) is 0 Å². The first-order chi connectivity index (χ1) is 15.0. The molecule has 0 saturated carbocycles. The van der Waals surface area contributed by atoms with E-state index in [2.05, 4.69) is 10.5 Å². The summed E-state index contributed by atoms with van der Waals surface area (Å²) in [4.78, 5) is 27.1. The monoisotopic (exact) mass is 415 g/mol. The van der Waals surface area contributed by atoms with Gasteiger partial charge in [0.25, 0.3) is 11.8 Å². The zero-order valence-corrected chi connectivity index (χ0v) is 17.7. The van der Waals surface area contributed by atoms with Crippen LogP contribution < -0.4 is 5.43 Å². The Bertz CT molecular complexity index is 1120. The Labute approximate surface area is 181 Å². The highest BCUT2D eigenvalue weighted by Crippen LogP contribution is 2.30. The first-order valence-corrected chi connectivity index (χ1v) is 10.4. The molecule has 6 heteroatoms. The topological polar surface area (TPSA) is 74.9 Å². The van der Waals surface area contributed by atoms with Gasteiger partial charge in [0.1, 0.15) is 5.76 Å². The summed E-state index contributed by atoms with van der Waals surface area (Å²) in [6.45, 7) is 2.38. The molecular formula is C25H25N3O3. The maximum absolute atomic E-state index is 13.1. The summed E-state index contributed by atoms with van der Waals surface area (Å²) in [7, 11) is 1.77. The van der Waals surface area contributed by atoms with Gasteiger partial charge in [-0.25, -0.2) is 5.43 Å². The Morgan fingerprint density at radius 3 is 2.42 bits per heavy atom. The van der Waals surface area contributed by atoms with E-state index in [0.717, 1.165) is 47.4 Å². The van der Waals surface area contributed by atoms with E-state index in [0.29, 0.717) is 17.9 Å². The Balaban J connectivity index is 1.55. The summed E-state index contributed by atoms with van der Waals surface area (Å²) in [6, 6.07) is 18.8. The van der Waals surface area contributed by atoms with Gasteiger partial charge >= 0.3 is 0 Å². The van der Waals surface area contributed by atoms with E-state index in [1.54, 1.807) is 24.1 Å². The number of furan rings is 1. The third-order valence-electron chi connectivity index (χ3n) is 5.46. The van der Waals surface area contributed by atoms with E-state index in [9.17, 15) is 9.59 Å². The molecule has 0 aliphatic heterocycles. The van der Waals surface area contributed by atoms with E-state index in [1.165, 1.54) is 0 Å². The number of hydrogen-bond acceptors (Lipinski definition) is 4. The largest absolute Gasteiger partial charge is 0.455 e. The maximum Gasteiger partial charge on any atom is 0.289 e. The predicted octanol–water partition coefficient (Wildman–Crippen LogP) is 4.33. The number of carbonyl (C=O) groups is 2. The molecule has 3 aromatic rings. The van der Waals surface area contributed by atoms with E-state index in [4.69, 9.17) is 4.42 Å². The molecule has 0 atom stereocenters. The number of amides is 2. The van der Waals surface area contributed by atoms with E-state index in [1.807, 2.05) is 55.5 Å². The van der Waals surface area contributed by atoms with Gasteiger partial charge in [-0.1, -0.05) is 48.5 Å². The molecule has 1 aliphatic rings. The Hall–Kier alpha value is -3.67. The smallest absolute Gasteiger partial charge is 0.289 e. The number of rotatable bonds is 5. The Morgan fingerprint density at radius 1 is 1.03 bits per heavy atom. The molecule has 0 unspecified atom stereocenters. The van der Waals surface area contributed by atoms with Crippen molar-refractivity contribution in [3.8, 4) is 0 Å². The fourth-order valence-corrected chi connectivity index (χ4v) is 3.86. The summed E-state index contributed by atoms with van der Waals surface area (Å²) < 4.78 is 5.99. The van der Waals surface area contributed by atoms with E-state index in [-0.39, 0.29) is 11.8 Å². The summed E-state index contributed by atoms with van der Waals surface area (Å²) in [5.74, 6) is 0.670. The molecule has 0 radical (unpaired) electrons. The lowest BCUT2D eigenvalue weighted by atomic mass is 9.93. The second kappa shape index (κ2) is 9.00. The van der Waals surface area contributed by atoms with Crippen LogP contribution >= 0.6 is 0 Å². The number of nitrogens with one attached hydrogen (secondary N) is 1. The molecule has 1 N–H and O–H groups in total. The number of fused-ring (bicyclic) bond motifs is 1. The molecule has 0 bridgehead atoms. The third kappa shape index (κ3) is 4.43. The lowest BCUT2D eigenvalue weighted by Gasteiger charge is -2.16. The zero-order valence-electron chi connectivity index (χ0n) is 17.7. The number of nitrogens with zero attached hydrogens (tertiary/aromatic N) is 2. The minimum Gasteiger partial charge on any atom is -0.455 e. The molecular weight excluding hydrogens is 390 g/mol. The highest BCUT2D eigenvalue weighted by Gasteiger charge is 2.29. The number of hydrogen-bond donors (Lipinski definition) is 1. The second-order valence-electron chi connectivity index (χ2n) is 7.72. The van der Waals surface area contributed by atoms with Gasteiger partial charge in [-0.15, -0.1) is 0 Å². The standard InChI is InChI=1S/C25H25N3O3/c1-17-22-20(26-27-24(29)19-12-7-4-8-13-19)14-9-15-21(22)31-23(17)25(30)28(2)16-18-10-5-3-6-11-18/h3-8,10-13H,9,14-16H2,1-2H3,(H,27,29)/b26-20+. The van der Waals surface area contributed by atoms with Crippen LogP contribution in [0.5, 0.6) is 0 Å². The van der Waals surface area contributed by atoms with E-state index >= 15 is 0 Å². The highest BCUT2D eigenvalue weighted by atomic mass is 16.4. The van der Waals surface area contributed by atoms with Gasteiger partial charge in [-0.05, 0) is 37.5 Å². The number of hydrazone groups is 1. The average molecular weight is 415 g/mol. The average Bonchev–Trinajstić information content (AvgIpc) is 3.15. The van der Waals surface area contributed by atoms with Crippen LogP contribution in [0.2, 0.25) is 0 Å². The minimum atomic E-state index is -0.264. The van der Waals surface area contributed by atoms with Crippen molar-refractivity contribution in [3.05, 3.63) is 94.4 Å². The molecule has 6 nitrogen and oxygen atoms in total. The van der Waals surface area contributed by atoms with Crippen molar-refractivity contribution >= 4 is 17.5 Å². The van der Waals surface area contributed by atoms with Crippen LogP contribution in [-0.2, 0) is 13.0 Å². The van der Waals surface area contributed by atoms with Gasteiger partial charge in [-0.2, -0.15) is 5.10 Å². The molecule has 1 aliphatic carbocycles. The van der Waals surface area contributed by atoms with Crippen LogP contribution in [0, 0.1) is 6.92 Å². The van der Waals surface area contributed by atoms with Crippen LogP contribution in [0.1, 0.15) is 56.2 Å². The van der Waals surface area contributed by atoms with Crippen molar-refractivity contribution in [2.24, 2.45) is 5.10 Å². The summed E-state index contributed by atoms with van der Waals surface area (Å²) >= 11 is 0. The molecule has 158 valence electrons. The highest BCUT2D eigenvalue weighted by molar-refractivity contribution is 6.07. The van der Waals surface area contributed by atoms with Crippen molar-refractivity contribution < 1.29 is 14.0 Å². The molecule has 0 spiro atoms. The second-order valence-corrected chi connectivity index (χ2v) is 7.72. The minimum absolute atomic E-state index is 0.163. The van der Waals surface area contributed by atoms with Crippen LogP contribution in [0.4, 0.5) is 0 Å². The molecule has 2 amide bonds. The van der Waals surface area contributed by atoms with Crippen molar-refractivity contribution in [2.45, 2.75) is 32.7 Å². The molecule has 2 aromatic carbocycles. The molecule has 1 aromatic heterocycles. The van der Waals surface area contributed by atoms with Crippen LogP contribution in [0.15, 0.2) is 70.2 Å². The lowest BCUT2D eigenvalue weighted by Crippen LogP contribution is -2.26. The molecule has 0 saturated heterocycles. The molecule has 31 heavy (non-hydrogen) atoms. The van der Waals surface area contributed by atoms with Crippen molar-refractivity contribution in [2.75, 3.05) is 7.05 Å². The van der Waals surface area contributed by atoms with E-state index < -0.39 is 0 Å². The Kier molecular flexibility index (Phi) is 5.98. The van der Waals surface area contributed by atoms with Crippen molar-refractivity contribution in [1.29, 1.82) is 0 Å². The fourth-order valence-electron chi connectivity index (χ4n) is 3.86. The predicted molar refractivity (Wildman–Crippen MR) is 119 cm³/mol. The third-order valence-corrected chi connectivity index (χ3v) is 5.46. The first kappa shape index (κ1) is 20.6. The van der Waals surface area contributed by atoms with Gasteiger partial charge < -0.3 is 9.32 Å². The van der Waals surface area contributed by atoms with Crippen LogP contribution in [-0.4, -0.2) is 29.5 Å². The van der Waals surface area contributed by atoms with Gasteiger partial charge in [0.2, 0.25) is 0 Å². The Morgan fingerprint density at radius 2 is 1.71 bits per heavy atom. The van der Waals surface area contributed by atoms with Crippen LogP contribution in [0.3, 0.4) is 0 Å². The summed E-state index contributed by atoms with van der Waals surface area (Å²) in [5, 5.41) is 4.38. The number of benzene rings is 2. The van der Waals surface area contributed by atoms with Gasteiger partial charge in [0.15, 0.2) is 5.76 Å². The van der Waals surface area contributed by atoms with Gasteiger partial charge in [0, 0.05) is 36.7 Å². The SMILES string of the molecule is Cc1c(C(=O)N(C)Cc2ccccc2)oc2c1/C(=N/NC(=O)c1ccccc1)CCC2. The number of carbonyl (C=O) groups excluding carboxylic acids is 2. The molecule has 0 fully saturated rings. The zero-order chi connectivity index (χ0) is 21.8. The summed E-state index contributed by atoms with van der Waals surface area (Å²) in [6.07, 6.45) is 2.32. The molecule has 4 rings (SSSR count). The van der Waals surface area contributed by atoms with Gasteiger partial charge in [-0.3, -0.25) is 9.59 Å². The first-order valence-electron chi connectivity index (χ1n) is 10.4. The fraction of sp³-hybridized carbons (Fsp3) is 0.240. The number of aryl methyl sites for hydroxylation is 1. The van der Waals surface area contributed by atoms with Gasteiger partial charge in [0.05, 0.1) is 5.71 Å². The quantitative estimate of drug-likeness (QED) is 0.630. The molecule has 1 heterocycles.